The zero-order chi connectivity index (χ0) is 21.0. The highest BCUT2D eigenvalue weighted by atomic mass is 32.2. The molecule has 0 saturated heterocycles. The molecule has 0 heterocycles. The van der Waals surface area contributed by atoms with Gasteiger partial charge in [-0.25, -0.2) is 8.42 Å². The third kappa shape index (κ3) is 7.82. The molecule has 1 amide bonds. The molecule has 0 radical (unpaired) electrons. The average molecular weight is 415 g/mol. The van der Waals surface area contributed by atoms with E-state index in [1.54, 1.807) is 12.1 Å². The van der Waals surface area contributed by atoms with Crippen LogP contribution in [0, 0.1) is 0 Å². The lowest BCUT2D eigenvalue weighted by Gasteiger charge is -2.23. The molecule has 1 aromatic rings. The second-order valence-electron chi connectivity index (χ2n) is 8.44. The van der Waals surface area contributed by atoms with Crippen molar-refractivity contribution in [2.75, 3.05) is 0 Å². The second kappa shape index (κ2) is 8.53. The molecule has 4 N–H and O–H groups in total. The maximum Gasteiger partial charge on any atom is 0.256 e. The first kappa shape index (κ1) is 23.3. The Hall–Kier alpha value is -1.71. The fourth-order valence-electron chi connectivity index (χ4n) is 2.09. The lowest BCUT2D eigenvalue weighted by atomic mass is 9.87. The SMILES string of the molecule is C[C@H](NS(=O)(=O)c1ccc(C(C)(C)C)cc1)C(=O)NNC(=S)NC(C)(C)C. The fraction of sp³-hybridized carbons (Fsp3) is 0.556. The molecule has 0 aliphatic rings. The Bertz CT molecular complexity index is 776. The summed E-state index contributed by atoms with van der Waals surface area (Å²) in [4.78, 5) is 12.2. The lowest BCUT2D eigenvalue weighted by molar-refractivity contribution is -0.122. The zero-order valence-electron chi connectivity index (χ0n) is 16.9. The zero-order valence-corrected chi connectivity index (χ0v) is 18.6. The summed E-state index contributed by atoms with van der Waals surface area (Å²) >= 11 is 5.06. The van der Waals surface area contributed by atoms with Gasteiger partial charge in [-0.15, -0.1) is 0 Å². The predicted molar refractivity (Wildman–Crippen MR) is 112 cm³/mol. The van der Waals surface area contributed by atoms with Gasteiger partial charge >= 0.3 is 0 Å². The third-order valence-electron chi connectivity index (χ3n) is 3.54. The molecule has 0 saturated carbocycles. The van der Waals surface area contributed by atoms with Crippen LogP contribution >= 0.6 is 12.2 Å². The quantitative estimate of drug-likeness (QED) is 0.444. The minimum Gasteiger partial charge on any atom is -0.357 e. The lowest BCUT2D eigenvalue weighted by Crippen LogP contribution is -2.55. The standard InChI is InChI=1S/C18H30N4O3S2/c1-12(15(23)20-21-16(26)19-18(5,6)7)22-27(24,25)14-10-8-13(9-11-14)17(2,3)4/h8-12,22H,1-7H3,(H,20,23)(H2,19,21,26)/t12-/m0/s1. The third-order valence-corrected chi connectivity index (χ3v) is 5.30. The molecule has 27 heavy (non-hydrogen) atoms. The van der Waals surface area contributed by atoms with Gasteiger partial charge in [0.15, 0.2) is 5.11 Å². The molecule has 0 spiro atoms. The summed E-state index contributed by atoms with van der Waals surface area (Å²) in [6.45, 7) is 13.4. The van der Waals surface area contributed by atoms with Crippen LogP contribution in [0.2, 0.25) is 0 Å². The largest absolute Gasteiger partial charge is 0.357 e. The van der Waals surface area contributed by atoms with Gasteiger partial charge in [0.2, 0.25) is 10.0 Å². The van der Waals surface area contributed by atoms with E-state index in [0.29, 0.717) is 0 Å². The Morgan fingerprint density at radius 3 is 1.96 bits per heavy atom. The molecule has 152 valence electrons. The molecular formula is C18H30N4O3S2. The molecule has 9 heteroatoms. The Kier molecular flexibility index (Phi) is 7.37. The van der Waals surface area contributed by atoms with Gasteiger partial charge in [-0.05, 0) is 63.0 Å². The first-order valence-corrected chi connectivity index (χ1v) is 10.5. The molecule has 0 aliphatic heterocycles. The number of hydrogen-bond donors (Lipinski definition) is 4. The first-order chi connectivity index (χ1) is 12.1. The fourth-order valence-corrected chi connectivity index (χ4v) is 3.65. The highest BCUT2D eigenvalue weighted by molar-refractivity contribution is 7.89. The van der Waals surface area contributed by atoms with Crippen LogP contribution in [0.4, 0.5) is 0 Å². The smallest absolute Gasteiger partial charge is 0.256 e. The minimum atomic E-state index is -3.82. The van der Waals surface area contributed by atoms with E-state index in [-0.39, 0.29) is 21.0 Å². The Morgan fingerprint density at radius 1 is 1.00 bits per heavy atom. The summed E-state index contributed by atoms with van der Waals surface area (Å²) in [6, 6.07) is 5.64. The van der Waals surface area contributed by atoms with Crippen molar-refractivity contribution >= 4 is 33.3 Å². The van der Waals surface area contributed by atoms with Crippen LogP contribution < -0.4 is 20.9 Å². The maximum absolute atomic E-state index is 12.5. The molecule has 0 unspecified atom stereocenters. The number of amides is 1. The summed E-state index contributed by atoms with van der Waals surface area (Å²) in [5, 5.41) is 3.21. The molecule has 1 rings (SSSR count). The summed E-state index contributed by atoms with van der Waals surface area (Å²) < 4.78 is 27.3. The van der Waals surface area contributed by atoms with Crippen molar-refractivity contribution in [1.29, 1.82) is 0 Å². The van der Waals surface area contributed by atoms with Crippen LogP contribution in [0.3, 0.4) is 0 Å². The van der Waals surface area contributed by atoms with Crippen molar-refractivity contribution in [1.82, 2.24) is 20.9 Å². The van der Waals surface area contributed by atoms with Crippen molar-refractivity contribution in [2.24, 2.45) is 0 Å². The van der Waals surface area contributed by atoms with E-state index in [1.807, 2.05) is 41.5 Å². The van der Waals surface area contributed by atoms with Crippen LogP contribution in [-0.2, 0) is 20.2 Å². The average Bonchev–Trinajstić information content (AvgIpc) is 2.49. The highest BCUT2D eigenvalue weighted by Gasteiger charge is 2.23. The highest BCUT2D eigenvalue weighted by Crippen LogP contribution is 2.23. The maximum atomic E-state index is 12.5. The number of hydrogen-bond acceptors (Lipinski definition) is 4. The van der Waals surface area contributed by atoms with E-state index in [4.69, 9.17) is 12.2 Å². The Morgan fingerprint density at radius 2 is 1.52 bits per heavy atom. The number of hydrazine groups is 1. The van der Waals surface area contributed by atoms with Crippen LogP contribution in [0.5, 0.6) is 0 Å². The Balaban J connectivity index is 2.70. The topological polar surface area (TPSA) is 99.3 Å². The van der Waals surface area contributed by atoms with Gasteiger partial charge in [-0.1, -0.05) is 32.9 Å². The molecular weight excluding hydrogens is 384 g/mol. The molecule has 0 aliphatic carbocycles. The van der Waals surface area contributed by atoms with Crippen molar-refractivity contribution in [3.63, 3.8) is 0 Å². The monoisotopic (exact) mass is 414 g/mol. The van der Waals surface area contributed by atoms with E-state index < -0.39 is 22.0 Å². The van der Waals surface area contributed by atoms with E-state index in [1.165, 1.54) is 19.1 Å². The molecule has 1 atom stereocenters. The molecule has 0 bridgehead atoms. The van der Waals surface area contributed by atoms with Gasteiger partial charge in [0.25, 0.3) is 5.91 Å². The second-order valence-corrected chi connectivity index (χ2v) is 10.6. The summed E-state index contributed by atoms with van der Waals surface area (Å²) in [6.07, 6.45) is 0. The normalized spacial score (nSPS) is 13.6. The minimum absolute atomic E-state index is 0.0753. The van der Waals surface area contributed by atoms with Gasteiger partial charge in [-0.3, -0.25) is 15.6 Å². The number of nitrogens with one attached hydrogen (secondary N) is 4. The number of rotatable bonds is 4. The van der Waals surface area contributed by atoms with Gasteiger partial charge < -0.3 is 5.32 Å². The number of carbonyl (C=O) groups is 1. The van der Waals surface area contributed by atoms with Crippen LogP contribution in [0.1, 0.15) is 54.0 Å². The summed E-state index contributed by atoms with van der Waals surface area (Å²) in [5.41, 5.74) is 5.63. The molecule has 7 nitrogen and oxygen atoms in total. The van der Waals surface area contributed by atoms with Gasteiger partial charge in [0.05, 0.1) is 10.9 Å². The van der Waals surface area contributed by atoms with Crippen molar-refractivity contribution < 1.29 is 13.2 Å². The van der Waals surface area contributed by atoms with E-state index in [2.05, 4.69) is 20.9 Å². The van der Waals surface area contributed by atoms with Gasteiger partial charge in [0.1, 0.15) is 0 Å². The van der Waals surface area contributed by atoms with Crippen molar-refractivity contribution in [2.45, 2.75) is 70.4 Å². The summed E-state index contributed by atoms with van der Waals surface area (Å²) in [5.74, 6) is -0.553. The van der Waals surface area contributed by atoms with Crippen LogP contribution in [0.15, 0.2) is 29.2 Å². The van der Waals surface area contributed by atoms with E-state index in [0.717, 1.165) is 5.56 Å². The van der Waals surface area contributed by atoms with Crippen LogP contribution in [0.25, 0.3) is 0 Å². The van der Waals surface area contributed by atoms with E-state index in [9.17, 15) is 13.2 Å². The summed E-state index contributed by atoms with van der Waals surface area (Å²) in [7, 11) is -3.82. The van der Waals surface area contributed by atoms with Crippen molar-refractivity contribution in [3.05, 3.63) is 29.8 Å². The van der Waals surface area contributed by atoms with Gasteiger partial charge in [0, 0.05) is 5.54 Å². The van der Waals surface area contributed by atoms with Gasteiger partial charge in [-0.2, -0.15) is 4.72 Å². The number of thiocarbonyl (C=S) groups is 1. The first-order valence-electron chi connectivity index (χ1n) is 8.63. The van der Waals surface area contributed by atoms with E-state index >= 15 is 0 Å². The Labute approximate surface area is 167 Å². The number of carbonyl (C=O) groups excluding carboxylic acids is 1. The number of sulfonamides is 1. The molecule has 1 aromatic carbocycles. The predicted octanol–water partition coefficient (Wildman–Crippen LogP) is 1.94. The molecule has 0 aromatic heterocycles. The van der Waals surface area contributed by atoms with Crippen LogP contribution in [-0.4, -0.2) is 31.0 Å². The number of benzene rings is 1. The molecule has 0 fully saturated rings. The van der Waals surface area contributed by atoms with Crippen molar-refractivity contribution in [3.8, 4) is 0 Å².